The lowest BCUT2D eigenvalue weighted by Gasteiger charge is -2.38. The molecule has 0 saturated heterocycles. The van der Waals surface area contributed by atoms with E-state index >= 15 is 0 Å². The number of rotatable bonds is 8. The van der Waals surface area contributed by atoms with Crippen LogP contribution in [0.25, 0.3) is 0 Å². The van der Waals surface area contributed by atoms with Crippen LogP contribution >= 0.6 is 0 Å². The minimum Gasteiger partial charge on any atom is -0.487 e. The highest BCUT2D eigenvalue weighted by molar-refractivity contribution is 7.92. The Labute approximate surface area is 257 Å². The standard InChI is InChI=1S/C30H32F4N4O6S/c1-18-15-38(19(2)17-39)28(40)25-14-23(36-45(42,43)24-11-6-21(31)7-12-24)10-13-26(25)44-27(18)16-37(3)29(41)35-22-8-4-20(5-9-22)30(32,33)34/h4-14,18-19,27,36,39H,15-17H2,1-3H3,(H,35,41)/t18-,19+,27-/m0/s1. The number of carbonyl (C=O) groups is 2. The van der Waals surface area contributed by atoms with E-state index in [0.29, 0.717) is 0 Å². The average molecular weight is 653 g/mol. The predicted molar refractivity (Wildman–Crippen MR) is 158 cm³/mol. The number of carbonyl (C=O) groups excluding carboxylic acids is 2. The molecule has 45 heavy (non-hydrogen) atoms. The molecule has 4 rings (SSSR count). The van der Waals surface area contributed by atoms with E-state index in [4.69, 9.17) is 4.74 Å². The van der Waals surface area contributed by atoms with Crippen molar-refractivity contribution >= 4 is 33.3 Å². The lowest BCUT2D eigenvalue weighted by Crippen LogP contribution is -2.50. The number of likely N-dealkylation sites (N-methyl/N-ethyl adjacent to an activating group) is 1. The van der Waals surface area contributed by atoms with Crippen molar-refractivity contribution in [1.82, 2.24) is 9.80 Å². The largest absolute Gasteiger partial charge is 0.487 e. The summed E-state index contributed by atoms with van der Waals surface area (Å²) in [5, 5.41) is 12.4. The smallest absolute Gasteiger partial charge is 0.416 e. The number of hydrogen-bond acceptors (Lipinski definition) is 6. The third kappa shape index (κ3) is 8.02. The predicted octanol–water partition coefficient (Wildman–Crippen LogP) is 5.03. The molecule has 242 valence electrons. The van der Waals surface area contributed by atoms with E-state index in [2.05, 4.69) is 10.0 Å². The second-order valence-corrected chi connectivity index (χ2v) is 12.5. The van der Waals surface area contributed by atoms with Crippen LogP contribution in [-0.2, 0) is 16.2 Å². The van der Waals surface area contributed by atoms with Gasteiger partial charge in [-0.2, -0.15) is 13.2 Å². The number of urea groups is 1. The van der Waals surface area contributed by atoms with Crippen molar-refractivity contribution in [2.75, 3.05) is 36.8 Å². The lowest BCUT2D eigenvalue weighted by molar-refractivity contribution is -0.137. The van der Waals surface area contributed by atoms with E-state index in [-0.39, 0.29) is 53.2 Å². The fourth-order valence-electron chi connectivity index (χ4n) is 4.65. The fraction of sp³-hybridized carbons (Fsp3) is 0.333. The van der Waals surface area contributed by atoms with E-state index in [1.165, 1.54) is 35.0 Å². The number of fused-ring (bicyclic) bond motifs is 1. The van der Waals surface area contributed by atoms with Gasteiger partial charge in [0, 0.05) is 30.9 Å². The van der Waals surface area contributed by atoms with Crippen LogP contribution < -0.4 is 14.8 Å². The molecule has 0 bridgehead atoms. The van der Waals surface area contributed by atoms with Crippen LogP contribution in [0.1, 0.15) is 29.8 Å². The normalized spacial score (nSPS) is 17.8. The van der Waals surface area contributed by atoms with Crippen molar-refractivity contribution in [2.24, 2.45) is 5.92 Å². The molecular formula is C30H32F4N4O6S. The monoisotopic (exact) mass is 652 g/mol. The Morgan fingerprint density at radius 2 is 1.71 bits per heavy atom. The maximum absolute atomic E-state index is 13.7. The molecule has 0 unspecified atom stereocenters. The lowest BCUT2D eigenvalue weighted by atomic mass is 9.99. The topological polar surface area (TPSA) is 128 Å². The number of anilines is 2. The van der Waals surface area contributed by atoms with Gasteiger partial charge in [0.05, 0.1) is 35.2 Å². The number of halogens is 4. The van der Waals surface area contributed by atoms with Gasteiger partial charge in [-0.05, 0) is 73.7 Å². The summed E-state index contributed by atoms with van der Waals surface area (Å²) in [7, 11) is -2.66. The minimum absolute atomic E-state index is 0.00155. The molecule has 1 aliphatic rings. The fourth-order valence-corrected chi connectivity index (χ4v) is 5.70. The first-order valence-electron chi connectivity index (χ1n) is 13.8. The zero-order chi connectivity index (χ0) is 33.1. The molecule has 3 aromatic carbocycles. The van der Waals surface area contributed by atoms with E-state index < -0.39 is 51.7 Å². The average Bonchev–Trinajstić information content (AvgIpc) is 2.98. The number of amides is 3. The number of sulfonamides is 1. The maximum atomic E-state index is 13.7. The Morgan fingerprint density at radius 3 is 2.31 bits per heavy atom. The molecule has 0 aliphatic carbocycles. The van der Waals surface area contributed by atoms with Crippen molar-refractivity contribution in [3.8, 4) is 5.75 Å². The number of nitrogens with zero attached hydrogens (tertiary/aromatic N) is 2. The summed E-state index contributed by atoms with van der Waals surface area (Å²) in [6.07, 6.45) is -5.21. The molecule has 3 aromatic rings. The minimum atomic E-state index is -4.52. The highest BCUT2D eigenvalue weighted by Gasteiger charge is 2.35. The van der Waals surface area contributed by atoms with Crippen LogP contribution in [0.15, 0.2) is 71.6 Å². The molecule has 0 saturated carbocycles. The number of benzene rings is 3. The number of nitrogens with one attached hydrogen (secondary N) is 2. The number of ether oxygens (including phenoxy) is 1. The second-order valence-electron chi connectivity index (χ2n) is 10.8. The summed E-state index contributed by atoms with van der Waals surface area (Å²) in [5.41, 5.74) is -0.666. The molecule has 0 aromatic heterocycles. The Kier molecular flexibility index (Phi) is 9.92. The van der Waals surface area contributed by atoms with Crippen LogP contribution in [0.4, 0.5) is 33.7 Å². The van der Waals surface area contributed by atoms with Crippen molar-refractivity contribution in [3.05, 3.63) is 83.7 Å². The van der Waals surface area contributed by atoms with Crippen molar-refractivity contribution < 1.29 is 45.4 Å². The summed E-state index contributed by atoms with van der Waals surface area (Å²) in [6.45, 7) is 3.21. The first kappa shape index (κ1) is 33.5. The molecule has 10 nitrogen and oxygen atoms in total. The van der Waals surface area contributed by atoms with Gasteiger partial charge in [0.15, 0.2) is 0 Å². The van der Waals surface area contributed by atoms with Gasteiger partial charge in [0.25, 0.3) is 15.9 Å². The Balaban J connectivity index is 1.57. The van der Waals surface area contributed by atoms with Gasteiger partial charge in [0.1, 0.15) is 17.7 Å². The van der Waals surface area contributed by atoms with Crippen LogP contribution in [0.2, 0.25) is 0 Å². The van der Waals surface area contributed by atoms with Gasteiger partial charge in [-0.1, -0.05) is 6.92 Å². The van der Waals surface area contributed by atoms with E-state index in [9.17, 15) is 40.7 Å². The molecule has 1 heterocycles. The second kappa shape index (κ2) is 13.3. The quantitative estimate of drug-likeness (QED) is 0.293. The van der Waals surface area contributed by atoms with Crippen LogP contribution in [0.5, 0.6) is 5.75 Å². The van der Waals surface area contributed by atoms with E-state index in [0.717, 1.165) is 48.5 Å². The highest BCUT2D eigenvalue weighted by atomic mass is 32.2. The number of hydrogen-bond donors (Lipinski definition) is 3. The number of aliphatic hydroxyl groups excluding tert-OH is 1. The van der Waals surface area contributed by atoms with Crippen molar-refractivity contribution in [3.63, 3.8) is 0 Å². The van der Waals surface area contributed by atoms with Gasteiger partial charge in [0.2, 0.25) is 0 Å². The number of alkyl halides is 3. The Morgan fingerprint density at radius 1 is 1.09 bits per heavy atom. The van der Waals surface area contributed by atoms with Gasteiger partial charge in [-0.3, -0.25) is 9.52 Å². The first-order valence-corrected chi connectivity index (χ1v) is 15.3. The van der Waals surface area contributed by atoms with Crippen LogP contribution in [0, 0.1) is 11.7 Å². The molecule has 15 heteroatoms. The van der Waals surface area contributed by atoms with Gasteiger partial charge >= 0.3 is 12.2 Å². The molecular weight excluding hydrogens is 620 g/mol. The van der Waals surface area contributed by atoms with Crippen molar-refractivity contribution in [2.45, 2.75) is 37.1 Å². The van der Waals surface area contributed by atoms with Crippen LogP contribution in [-0.4, -0.2) is 74.2 Å². The van der Waals surface area contributed by atoms with Crippen LogP contribution in [0.3, 0.4) is 0 Å². The third-order valence-electron chi connectivity index (χ3n) is 7.30. The van der Waals surface area contributed by atoms with E-state index in [1.54, 1.807) is 13.8 Å². The summed E-state index contributed by atoms with van der Waals surface area (Å²) in [6, 6.07) is 11.0. The zero-order valence-corrected chi connectivity index (χ0v) is 25.3. The first-order chi connectivity index (χ1) is 21.1. The van der Waals surface area contributed by atoms with Gasteiger partial charge < -0.3 is 25.0 Å². The molecule has 3 atom stereocenters. The molecule has 0 spiro atoms. The molecule has 1 aliphatic heterocycles. The SMILES string of the molecule is C[C@H](CO)N1C[C@H](C)[C@H](CN(C)C(=O)Nc2ccc(C(F)(F)F)cc2)Oc2ccc(NS(=O)(=O)c3ccc(F)cc3)cc2C1=O. The third-order valence-corrected chi connectivity index (χ3v) is 8.70. The molecule has 3 N–H and O–H groups in total. The van der Waals surface area contributed by atoms with Crippen molar-refractivity contribution in [1.29, 1.82) is 0 Å². The Bertz CT molecular complexity index is 1640. The summed E-state index contributed by atoms with van der Waals surface area (Å²) >= 11 is 0. The summed E-state index contributed by atoms with van der Waals surface area (Å²) in [4.78, 5) is 29.1. The van der Waals surface area contributed by atoms with Gasteiger partial charge in [-0.15, -0.1) is 0 Å². The molecule has 3 amide bonds. The Hall–Kier alpha value is -4.37. The molecule has 0 radical (unpaired) electrons. The summed E-state index contributed by atoms with van der Waals surface area (Å²) in [5.74, 6) is -1.39. The maximum Gasteiger partial charge on any atom is 0.416 e. The van der Waals surface area contributed by atoms with Gasteiger partial charge in [-0.25, -0.2) is 17.6 Å². The number of aliphatic hydroxyl groups is 1. The van der Waals surface area contributed by atoms with E-state index in [1.807, 2.05) is 0 Å². The zero-order valence-electron chi connectivity index (χ0n) is 24.5. The molecule has 0 fully saturated rings. The summed E-state index contributed by atoms with van der Waals surface area (Å²) < 4.78 is 86.3. The highest BCUT2D eigenvalue weighted by Crippen LogP contribution is 2.32.